The molecule has 1 aliphatic rings. The summed E-state index contributed by atoms with van der Waals surface area (Å²) >= 11 is 0. The molecule has 1 heterocycles. The highest BCUT2D eigenvalue weighted by Gasteiger charge is 2.32. The van der Waals surface area contributed by atoms with E-state index in [2.05, 4.69) is 6.58 Å². The van der Waals surface area contributed by atoms with Gasteiger partial charge in [0.15, 0.2) is 5.78 Å². The van der Waals surface area contributed by atoms with Gasteiger partial charge in [0.05, 0.1) is 7.11 Å². The van der Waals surface area contributed by atoms with Crippen LogP contribution >= 0.6 is 0 Å². The van der Waals surface area contributed by atoms with Crippen molar-refractivity contribution < 1.29 is 28.9 Å². The zero-order valence-corrected chi connectivity index (χ0v) is 17.2. The Balaban J connectivity index is 1.85. The Morgan fingerprint density at radius 2 is 1.93 bits per heavy atom. The molecule has 2 aromatic carbocycles. The highest BCUT2D eigenvalue weighted by Crippen LogP contribution is 2.44. The zero-order valence-electron chi connectivity index (χ0n) is 17.2. The van der Waals surface area contributed by atoms with Crippen molar-refractivity contribution in [1.29, 1.82) is 0 Å². The van der Waals surface area contributed by atoms with Crippen molar-refractivity contribution in [1.82, 2.24) is 0 Å². The maximum absolute atomic E-state index is 12.8. The van der Waals surface area contributed by atoms with Gasteiger partial charge < -0.3 is 19.3 Å². The number of rotatable bonds is 6. The lowest BCUT2D eigenvalue weighted by Gasteiger charge is -2.33. The number of methoxy groups -OCH3 is 1. The van der Waals surface area contributed by atoms with E-state index in [0.717, 1.165) is 18.1 Å². The largest absolute Gasteiger partial charge is 0.507 e. The lowest BCUT2D eigenvalue weighted by molar-refractivity contribution is -0.128. The van der Waals surface area contributed by atoms with Gasteiger partial charge in [0.2, 0.25) is 0 Å². The molecule has 30 heavy (non-hydrogen) atoms. The average Bonchev–Trinajstić information content (AvgIpc) is 2.71. The normalized spacial score (nSPS) is 14.5. The van der Waals surface area contributed by atoms with E-state index in [4.69, 9.17) is 14.2 Å². The van der Waals surface area contributed by atoms with E-state index in [1.807, 2.05) is 13.8 Å². The average molecular weight is 408 g/mol. The molecule has 0 radical (unpaired) electrons. The number of hydrogen-bond donors (Lipinski definition) is 1. The molecule has 0 aromatic heterocycles. The predicted octanol–water partition coefficient (Wildman–Crippen LogP) is 4.49. The van der Waals surface area contributed by atoms with Crippen molar-refractivity contribution in [2.45, 2.75) is 32.3 Å². The van der Waals surface area contributed by atoms with Crippen LogP contribution in [0.25, 0.3) is 6.08 Å². The molecule has 0 spiro atoms. The number of benzene rings is 2. The van der Waals surface area contributed by atoms with Crippen LogP contribution in [0, 0.1) is 0 Å². The summed E-state index contributed by atoms with van der Waals surface area (Å²) in [6.45, 7) is 7.30. The number of phenolic OH excluding ortho intramolecular Hbond substituents is 1. The van der Waals surface area contributed by atoms with Gasteiger partial charge in [0.1, 0.15) is 34.2 Å². The molecular weight excluding hydrogens is 384 g/mol. The van der Waals surface area contributed by atoms with Gasteiger partial charge in [0, 0.05) is 17.7 Å². The summed E-state index contributed by atoms with van der Waals surface area (Å²) < 4.78 is 16.3. The summed E-state index contributed by atoms with van der Waals surface area (Å²) in [5, 5.41) is 10.8. The third kappa shape index (κ3) is 4.54. The van der Waals surface area contributed by atoms with E-state index in [-0.39, 0.29) is 28.4 Å². The van der Waals surface area contributed by atoms with E-state index in [9.17, 15) is 14.7 Å². The highest BCUT2D eigenvalue weighted by molar-refractivity contribution is 6.11. The number of fused-ring (bicyclic) bond motifs is 1. The van der Waals surface area contributed by atoms with Crippen LogP contribution in [0.15, 0.2) is 49.1 Å². The lowest BCUT2D eigenvalue weighted by Crippen LogP contribution is -2.32. The van der Waals surface area contributed by atoms with Crippen LogP contribution in [0.2, 0.25) is 0 Å². The SMILES string of the molecule is C=CC(=O)Oc1ccc(/C=C/C(=O)c2c(OC)cc3c(c2O)CCC(C)(C)O3)cc1. The summed E-state index contributed by atoms with van der Waals surface area (Å²) in [6.07, 6.45) is 5.39. The van der Waals surface area contributed by atoms with E-state index < -0.39 is 5.97 Å². The van der Waals surface area contributed by atoms with Gasteiger partial charge in [-0.15, -0.1) is 0 Å². The topological polar surface area (TPSA) is 82.1 Å². The van der Waals surface area contributed by atoms with Gasteiger partial charge >= 0.3 is 5.97 Å². The Morgan fingerprint density at radius 1 is 1.23 bits per heavy atom. The van der Waals surface area contributed by atoms with Gasteiger partial charge in [-0.05, 0) is 50.5 Å². The van der Waals surface area contributed by atoms with E-state index >= 15 is 0 Å². The number of hydrogen-bond acceptors (Lipinski definition) is 6. The number of ketones is 1. The third-order valence-electron chi connectivity index (χ3n) is 4.85. The smallest absolute Gasteiger partial charge is 0.335 e. The van der Waals surface area contributed by atoms with Gasteiger partial charge in [-0.25, -0.2) is 4.79 Å². The molecule has 0 bridgehead atoms. The van der Waals surface area contributed by atoms with Crippen molar-refractivity contribution >= 4 is 17.8 Å². The highest BCUT2D eigenvalue weighted by atomic mass is 16.5. The van der Waals surface area contributed by atoms with Crippen molar-refractivity contribution in [2.24, 2.45) is 0 Å². The molecule has 6 heteroatoms. The molecule has 0 amide bonds. The van der Waals surface area contributed by atoms with Gasteiger partial charge in [0.25, 0.3) is 0 Å². The molecule has 1 aliphatic heterocycles. The molecule has 0 fully saturated rings. The maximum Gasteiger partial charge on any atom is 0.335 e. The van der Waals surface area contributed by atoms with Crippen LogP contribution in [0.1, 0.15) is 41.8 Å². The summed E-state index contributed by atoms with van der Waals surface area (Å²) in [5.41, 5.74) is 1.10. The lowest BCUT2D eigenvalue weighted by atomic mass is 9.91. The first-order chi connectivity index (χ1) is 14.2. The van der Waals surface area contributed by atoms with E-state index in [0.29, 0.717) is 23.5 Å². The minimum absolute atomic E-state index is 0.104. The van der Waals surface area contributed by atoms with Crippen molar-refractivity contribution in [2.75, 3.05) is 7.11 Å². The van der Waals surface area contributed by atoms with Crippen molar-refractivity contribution in [3.05, 3.63) is 65.8 Å². The summed E-state index contributed by atoms with van der Waals surface area (Å²) in [5.74, 6) is 0.118. The van der Waals surface area contributed by atoms with Crippen LogP contribution in [0.4, 0.5) is 0 Å². The van der Waals surface area contributed by atoms with Crippen LogP contribution in [0.3, 0.4) is 0 Å². The number of aromatic hydroxyl groups is 1. The minimum atomic E-state index is -0.546. The number of carbonyl (C=O) groups excluding carboxylic acids is 2. The second kappa shape index (κ2) is 8.45. The maximum atomic E-state index is 12.8. The first-order valence-corrected chi connectivity index (χ1v) is 9.52. The van der Waals surface area contributed by atoms with Gasteiger partial charge in [-0.2, -0.15) is 0 Å². The minimum Gasteiger partial charge on any atom is -0.507 e. The molecule has 1 N–H and O–H groups in total. The van der Waals surface area contributed by atoms with Crippen LogP contribution < -0.4 is 14.2 Å². The van der Waals surface area contributed by atoms with Crippen LogP contribution in [-0.2, 0) is 11.2 Å². The molecule has 0 saturated carbocycles. The molecule has 2 aromatic rings. The van der Waals surface area contributed by atoms with E-state index in [1.54, 1.807) is 36.4 Å². The Morgan fingerprint density at radius 3 is 2.57 bits per heavy atom. The molecule has 3 rings (SSSR count). The summed E-state index contributed by atoms with van der Waals surface area (Å²) in [6, 6.07) is 8.29. The van der Waals surface area contributed by atoms with Gasteiger partial charge in [-0.1, -0.05) is 24.8 Å². The fourth-order valence-corrected chi connectivity index (χ4v) is 3.23. The van der Waals surface area contributed by atoms with Crippen molar-refractivity contribution in [3.8, 4) is 23.0 Å². The Hall–Kier alpha value is -3.54. The van der Waals surface area contributed by atoms with Crippen molar-refractivity contribution in [3.63, 3.8) is 0 Å². The number of carbonyl (C=O) groups is 2. The van der Waals surface area contributed by atoms with Crippen LogP contribution in [0.5, 0.6) is 23.0 Å². The number of ether oxygens (including phenoxy) is 3. The second-order valence-corrected chi connectivity index (χ2v) is 7.53. The third-order valence-corrected chi connectivity index (χ3v) is 4.85. The Labute approximate surface area is 175 Å². The molecule has 156 valence electrons. The van der Waals surface area contributed by atoms with E-state index in [1.165, 1.54) is 13.2 Å². The zero-order chi connectivity index (χ0) is 21.9. The number of phenols is 1. The first kappa shape index (κ1) is 21.2. The fraction of sp³-hybridized carbons (Fsp3) is 0.250. The Kier molecular flexibility index (Phi) is 5.96. The molecule has 0 unspecified atom stereocenters. The fourth-order valence-electron chi connectivity index (χ4n) is 3.23. The standard InChI is InChI=1S/C24H24O6/c1-5-21(26)29-16-9-6-15(7-10-16)8-11-18(25)22-20(28-4)14-19-17(23(22)27)12-13-24(2,3)30-19/h5-11,14,27H,1,12-13H2,2-4H3/b11-8+. The summed E-state index contributed by atoms with van der Waals surface area (Å²) in [4.78, 5) is 24.1. The summed E-state index contributed by atoms with van der Waals surface area (Å²) in [7, 11) is 1.44. The molecule has 0 aliphatic carbocycles. The molecule has 0 saturated heterocycles. The molecule has 0 atom stereocenters. The Bertz CT molecular complexity index is 1010. The molecular formula is C24H24O6. The second-order valence-electron chi connectivity index (χ2n) is 7.53. The molecule has 6 nitrogen and oxygen atoms in total. The quantitative estimate of drug-likeness (QED) is 0.328. The number of esters is 1. The monoisotopic (exact) mass is 408 g/mol. The number of allylic oxidation sites excluding steroid dienone is 1. The van der Waals surface area contributed by atoms with Gasteiger partial charge in [-0.3, -0.25) is 4.79 Å². The predicted molar refractivity (Wildman–Crippen MR) is 113 cm³/mol. The van der Waals surface area contributed by atoms with Crippen LogP contribution in [-0.4, -0.2) is 29.6 Å². The first-order valence-electron chi connectivity index (χ1n) is 9.52.